The molecule has 96 valence electrons. The predicted octanol–water partition coefficient (Wildman–Crippen LogP) is 3.30. The van der Waals surface area contributed by atoms with Gasteiger partial charge in [0.1, 0.15) is 10.0 Å². The van der Waals surface area contributed by atoms with Crippen molar-refractivity contribution in [3.8, 4) is 0 Å². The number of benzene rings is 1. The van der Waals surface area contributed by atoms with Crippen molar-refractivity contribution in [3.05, 3.63) is 46.6 Å². The predicted molar refractivity (Wildman–Crippen MR) is 71.0 cm³/mol. The Morgan fingerprint density at radius 1 is 1.17 bits per heavy atom. The third kappa shape index (κ3) is 2.70. The Hall–Kier alpha value is -1.40. The molecule has 0 amide bonds. The Bertz CT molecular complexity index is 677. The highest BCUT2D eigenvalue weighted by Gasteiger charge is 2.17. The number of hydrogen-bond acceptors (Lipinski definition) is 3. The van der Waals surface area contributed by atoms with Gasteiger partial charge in [0.2, 0.25) is 0 Å². The van der Waals surface area contributed by atoms with Crippen molar-refractivity contribution >= 4 is 27.0 Å². The first-order chi connectivity index (χ1) is 8.38. The van der Waals surface area contributed by atoms with Gasteiger partial charge in [-0.25, -0.2) is 12.8 Å². The largest absolute Gasteiger partial charge is 0.279 e. The van der Waals surface area contributed by atoms with Crippen LogP contribution in [0.4, 0.5) is 10.1 Å². The minimum absolute atomic E-state index is 0.253. The Balaban J connectivity index is 2.33. The lowest BCUT2D eigenvalue weighted by Gasteiger charge is -2.09. The Labute approximate surface area is 109 Å². The van der Waals surface area contributed by atoms with Gasteiger partial charge in [-0.2, -0.15) is 0 Å². The fraction of sp³-hybridized carbons (Fsp3) is 0.167. The quantitative estimate of drug-likeness (QED) is 0.940. The van der Waals surface area contributed by atoms with Crippen LogP contribution in [0.5, 0.6) is 0 Å². The van der Waals surface area contributed by atoms with Gasteiger partial charge in [-0.15, -0.1) is 11.3 Å². The van der Waals surface area contributed by atoms with Crippen LogP contribution in [-0.2, 0) is 10.0 Å². The lowest BCUT2D eigenvalue weighted by Crippen LogP contribution is -2.12. The molecule has 1 aromatic heterocycles. The minimum atomic E-state index is -3.58. The van der Waals surface area contributed by atoms with E-state index in [1.807, 2.05) is 6.92 Å². The Morgan fingerprint density at radius 2 is 1.89 bits per heavy atom. The number of halogens is 1. The summed E-state index contributed by atoms with van der Waals surface area (Å²) in [5.41, 5.74) is 0.939. The van der Waals surface area contributed by atoms with Gasteiger partial charge in [0.05, 0.1) is 5.69 Å². The second-order valence-corrected chi connectivity index (χ2v) is 7.13. The molecule has 0 saturated carbocycles. The summed E-state index contributed by atoms with van der Waals surface area (Å²) in [4.78, 5) is 0.922. The van der Waals surface area contributed by atoms with Crippen LogP contribution >= 0.6 is 11.3 Å². The molecule has 0 bridgehead atoms. The fourth-order valence-electron chi connectivity index (χ4n) is 1.49. The molecule has 0 unspecified atom stereocenters. The molecule has 0 fully saturated rings. The number of rotatable bonds is 3. The normalized spacial score (nSPS) is 11.5. The molecule has 0 radical (unpaired) electrons. The topological polar surface area (TPSA) is 46.2 Å². The van der Waals surface area contributed by atoms with Gasteiger partial charge in [0.15, 0.2) is 0 Å². The molecular weight excluding hydrogens is 273 g/mol. The molecule has 6 heteroatoms. The number of nitrogens with one attached hydrogen (secondary N) is 1. The molecule has 0 saturated heterocycles. The zero-order chi connectivity index (χ0) is 13.3. The van der Waals surface area contributed by atoms with Gasteiger partial charge in [0, 0.05) is 4.88 Å². The smallest absolute Gasteiger partial charge is 0.271 e. The number of hydrogen-bond donors (Lipinski definition) is 1. The number of sulfonamides is 1. The van der Waals surface area contributed by atoms with E-state index in [1.54, 1.807) is 19.1 Å². The maximum atomic E-state index is 12.9. The third-order valence-electron chi connectivity index (χ3n) is 2.41. The first-order valence-electron chi connectivity index (χ1n) is 5.24. The van der Waals surface area contributed by atoms with Crippen LogP contribution in [0.25, 0.3) is 0 Å². The fourth-order valence-corrected chi connectivity index (χ4v) is 3.91. The van der Waals surface area contributed by atoms with Gasteiger partial charge < -0.3 is 0 Å². The van der Waals surface area contributed by atoms with Gasteiger partial charge in [-0.05, 0) is 49.7 Å². The lowest BCUT2D eigenvalue weighted by molar-refractivity contribution is 0.602. The van der Waals surface area contributed by atoms with Crippen LogP contribution in [0.1, 0.15) is 10.4 Å². The highest BCUT2D eigenvalue weighted by atomic mass is 32.2. The molecule has 1 N–H and O–H groups in total. The molecule has 0 aliphatic heterocycles. The van der Waals surface area contributed by atoms with Gasteiger partial charge in [0.25, 0.3) is 10.0 Å². The van der Waals surface area contributed by atoms with Crippen molar-refractivity contribution in [1.82, 2.24) is 0 Å². The van der Waals surface area contributed by atoms with Crippen molar-refractivity contribution < 1.29 is 12.8 Å². The van der Waals surface area contributed by atoms with Crippen LogP contribution in [-0.4, -0.2) is 8.42 Å². The average Bonchev–Trinajstić information content (AvgIpc) is 2.70. The Morgan fingerprint density at radius 3 is 2.44 bits per heavy atom. The van der Waals surface area contributed by atoms with Crippen molar-refractivity contribution in [2.45, 2.75) is 18.1 Å². The van der Waals surface area contributed by atoms with Gasteiger partial charge in [-0.1, -0.05) is 0 Å². The molecule has 2 rings (SSSR count). The highest BCUT2D eigenvalue weighted by Crippen LogP contribution is 2.25. The molecule has 1 aromatic carbocycles. The number of aryl methyl sites for hydroxylation is 2. The molecule has 0 spiro atoms. The maximum absolute atomic E-state index is 12.9. The van der Waals surface area contributed by atoms with E-state index in [4.69, 9.17) is 0 Å². The maximum Gasteiger partial charge on any atom is 0.271 e. The average molecular weight is 285 g/mol. The van der Waals surface area contributed by atoms with Crippen molar-refractivity contribution in [2.75, 3.05) is 4.72 Å². The summed E-state index contributed by atoms with van der Waals surface area (Å²) in [6.07, 6.45) is 0. The zero-order valence-electron chi connectivity index (χ0n) is 9.90. The first kappa shape index (κ1) is 13.0. The molecular formula is C12H12FNO2S2. The molecule has 0 aliphatic carbocycles. The number of anilines is 1. The van der Waals surface area contributed by atoms with E-state index in [9.17, 15) is 12.8 Å². The van der Waals surface area contributed by atoms with Gasteiger partial charge in [-0.3, -0.25) is 4.72 Å². The van der Waals surface area contributed by atoms with E-state index < -0.39 is 10.0 Å². The van der Waals surface area contributed by atoms with Crippen LogP contribution in [0, 0.1) is 19.7 Å². The first-order valence-corrected chi connectivity index (χ1v) is 7.54. The molecule has 0 aliphatic rings. The van der Waals surface area contributed by atoms with E-state index in [-0.39, 0.29) is 10.0 Å². The molecule has 0 atom stereocenters. The Kier molecular flexibility index (Phi) is 3.41. The van der Waals surface area contributed by atoms with E-state index in [0.29, 0.717) is 11.3 Å². The van der Waals surface area contributed by atoms with E-state index >= 15 is 0 Å². The zero-order valence-corrected chi connectivity index (χ0v) is 11.5. The van der Waals surface area contributed by atoms with Crippen molar-refractivity contribution in [2.24, 2.45) is 0 Å². The molecule has 2 aromatic rings. The van der Waals surface area contributed by atoms with Crippen LogP contribution in [0.15, 0.2) is 34.5 Å². The van der Waals surface area contributed by atoms with Crippen LogP contribution < -0.4 is 4.72 Å². The van der Waals surface area contributed by atoms with E-state index in [0.717, 1.165) is 4.88 Å². The van der Waals surface area contributed by atoms with Gasteiger partial charge >= 0.3 is 0 Å². The third-order valence-corrected chi connectivity index (χ3v) is 5.27. The second kappa shape index (κ2) is 4.70. The summed E-state index contributed by atoms with van der Waals surface area (Å²) in [5, 5.41) is 0. The monoisotopic (exact) mass is 285 g/mol. The van der Waals surface area contributed by atoms with E-state index in [1.165, 1.54) is 29.5 Å². The molecule has 18 heavy (non-hydrogen) atoms. The van der Waals surface area contributed by atoms with Crippen molar-refractivity contribution in [1.29, 1.82) is 0 Å². The standard InChI is InChI=1S/C12H12FNO2S2/c1-8-7-10(13)4-5-11(8)14-18(15,16)12-6-3-9(2)17-12/h3-7,14H,1-2H3. The van der Waals surface area contributed by atoms with Crippen LogP contribution in [0.3, 0.4) is 0 Å². The summed E-state index contributed by atoms with van der Waals surface area (Å²) < 4.78 is 39.8. The molecule has 3 nitrogen and oxygen atoms in total. The molecule has 1 heterocycles. The minimum Gasteiger partial charge on any atom is -0.279 e. The summed E-state index contributed by atoms with van der Waals surface area (Å²) in [5.74, 6) is -0.387. The SMILES string of the molecule is Cc1ccc(S(=O)(=O)Nc2ccc(F)cc2C)s1. The number of thiophene rings is 1. The second-order valence-electron chi connectivity index (χ2n) is 3.93. The summed E-state index contributed by atoms with van der Waals surface area (Å²) in [6, 6.07) is 7.24. The van der Waals surface area contributed by atoms with E-state index in [2.05, 4.69) is 4.72 Å². The van der Waals surface area contributed by atoms with Crippen molar-refractivity contribution in [3.63, 3.8) is 0 Å². The summed E-state index contributed by atoms with van der Waals surface area (Å²) >= 11 is 1.20. The summed E-state index contributed by atoms with van der Waals surface area (Å²) in [7, 11) is -3.58. The summed E-state index contributed by atoms with van der Waals surface area (Å²) in [6.45, 7) is 3.49. The lowest BCUT2D eigenvalue weighted by atomic mass is 10.2. The highest BCUT2D eigenvalue weighted by molar-refractivity contribution is 7.94. The van der Waals surface area contributed by atoms with Crippen LogP contribution in [0.2, 0.25) is 0 Å².